The summed E-state index contributed by atoms with van der Waals surface area (Å²) < 4.78 is 5.78. The summed E-state index contributed by atoms with van der Waals surface area (Å²) in [4.78, 5) is 32.1. The van der Waals surface area contributed by atoms with Gasteiger partial charge in [0.25, 0.3) is 5.91 Å². The number of hydrogen-bond donors (Lipinski definition) is 0. The Morgan fingerprint density at radius 3 is 2.40 bits per heavy atom. The van der Waals surface area contributed by atoms with Gasteiger partial charge in [-0.15, -0.1) is 0 Å². The van der Waals surface area contributed by atoms with E-state index in [0.717, 1.165) is 56.8 Å². The van der Waals surface area contributed by atoms with Gasteiger partial charge < -0.3 is 14.5 Å². The number of thiocarbonyl (C=S) groups is 1. The lowest BCUT2D eigenvalue weighted by Gasteiger charge is -2.36. The van der Waals surface area contributed by atoms with Gasteiger partial charge in [0.05, 0.1) is 12.0 Å². The van der Waals surface area contributed by atoms with E-state index in [9.17, 15) is 9.59 Å². The summed E-state index contributed by atoms with van der Waals surface area (Å²) in [7, 11) is 1.63. The molecule has 184 valence electrons. The molecule has 2 aromatic carbocycles. The number of carbonyl (C=O) groups is 2. The number of methoxy groups -OCH3 is 1. The second-order valence-electron chi connectivity index (χ2n) is 8.62. The third-order valence-electron chi connectivity index (χ3n) is 6.31. The normalized spacial score (nSPS) is 17.4. The maximum Gasteiger partial charge on any atom is 0.266 e. The third-order valence-corrected chi connectivity index (χ3v) is 7.69. The van der Waals surface area contributed by atoms with Crippen molar-refractivity contribution < 1.29 is 14.3 Å². The van der Waals surface area contributed by atoms with E-state index in [1.807, 2.05) is 53.4 Å². The summed E-state index contributed by atoms with van der Waals surface area (Å²) in [5.41, 5.74) is 2.16. The number of benzene rings is 2. The highest BCUT2D eigenvalue weighted by molar-refractivity contribution is 8.26. The van der Waals surface area contributed by atoms with E-state index in [0.29, 0.717) is 22.2 Å². The topological polar surface area (TPSA) is 53.1 Å². The van der Waals surface area contributed by atoms with Crippen LogP contribution in [0.15, 0.2) is 59.5 Å². The second-order valence-corrected chi connectivity index (χ2v) is 10.3. The molecule has 6 nitrogen and oxygen atoms in total. The molecule has 8 heteroatoms. The van der Waals surface area contributed by atoms with Gasteiger partial charge in [-0.1, -0.05) is 60.7 Å². The lowest BCUT2D eigenvalue weighted by molar-refractivity contribution is -0.131. The van der Waals surface area contributed by atoms with Gasteiger partial charge in [-0.2, -0.15) is 0 Å². The van der Waals surface area contributed by atoms with E-state index in [1.54, 1.807) is 12.0 Å². The first-order chi connectivity index (χ1) is 17.0. The first-order valence-corrected chi connectivity index (χ1v) is 13.2. The largest absolute Gasteiger partial charge is 0.497 e. The average Bonchev–Trinajstić information content (AvgIpc) is 3.16. The molecule has 0 aromatic heterocycles. The van der Waals surface area contributed by atoms with Crippen LogP contribution in [0.25, 0.3) is 6.08 Å². The van der Waals surface area contributed by atoms with Crippen LogP contribution in [-0.2, 0) is 9.59 Å². The zero-order chi connectivity index (χ0) is 24.6. The van der Waals surface area contributed by atoms with Crippen molar-refractivity contribution in [3.63, 3.8) is 0 Å². The number of ether oxygens (including phenoxy) is 1. The van der Waals surface area contributed by atoms with Crippen molar-refractivity contribution >= 4 is 51.9 Å². The molecule has 0 N–H and O–H groups in total. The van der Waals surface area contributed by atoms with Crippen LogP contribution >= 0.6 is 24.0 Å². The maximum atomic E-state index is 12.8. The molecule has 0 saturated carbocycles. The quantitative estimate of drug-likeness (QED) is 0.275. The Morgan fingerprint density at radius 1 is 1.00 bits per heavy atom. The lowest BCUT2D eigenvalue weighted by atomic mass is 10.1. The van der Waals surface area contributed by atoms with E-state index in [4.69, 9.17) is 17.0 Å². The van der Waals surface area contributed by atoms with Crippen LogP contribution in [0.5, 0.6) is 5.75 Å². The number of carbonyl (C=O) groups excluding carboxylic acids is 2. The number of thioether (sulfide) groups is 1. The van der Waals surface area contributed by atoms with E-state index < -0.39 is 0 Å². The highest BCUT2D eigenvalue weighted by Gasteiger charge is 2.31. The van der Waals surface area contributed by atoms with Crippen LogP contribution in [0.1, 0.15) is 31.2 Å². The second kappa shape index (κ2) is 12.2. The Balaban J connectivity index is 1.16. The van der Waals surface area contributed by atoms with Gasteiger partial charge >= 0.3 is 0 Å². The minimum atomic E-state index is -0.0387. The Kier molecular flexibility index (Phi) is 8.82. The number of rotatable bonds is 9. The molecule has 2 heterocycles. The van der Waals surface area contributed by atoms with Gasteiger partial charge in [-0.25, -0.2) is 0 Å². The first-order valence-electron chi connectivity index (χ1n) is 12.0. The van der Waals surface area contributed by atoms with Crippen molar-refractivity contribution in [3.8, 4) is 5.75 Å². The zero-order valence-corrected chi connectivity index (χ0v) is 21.7. The fraction of sp³-hybridized carbons (Fsp3) is 0.370. The number of anilines is 1. The van der Waals surface area contributed by atoms with Crippen LogP contribution in [0.2, 0.25) is 0 Å². The standard InChI is InChI=1S/C27H31N3O3S2/c1-33-23-13-11-21(12-14-23)20-24-26(32)30(27(34)35-24)15-7-3-6-10-25(31)29-18-16-28(17-19-29)22-8-4-2-5-9-22/h2,4-5,8-9,11-14,20H,3,6-7,10,15-19H2,1H3. The van der Waals surface area contributed by atoms with Crippen LogP contribution in [0.4, 0.5) is 5.69 Å². The number of amides is 2. The van der Waals surface area contributed by atoms with Crippen molar-refractivity contribution in [2.45, 2.75) is 25.7 Å². The molecule has 2 aromatic rings. The Labute approximate surface area is 216 Å². The van der Waals surface area contributed by atoms with Crippen molar-refractivity contribution in [1.82, 2.24) is 9.80 Å². The highest BCUT2D eigenvalue weighted by atomic mass is 32.2. The minimum absolute atomic E-state index is 0.0387. The number of hydrogen-bond acceptors (Lipinski definition) is 6. The number of nitrogens with zero attached hydrogens (tertiary/aromatic N) is 3. The summed E-state index contributed by atoms with van der Waals surface area (Å²) in [6, 6.07) is 17.9. The van der Waals surface area contributed by atoms with Crippen LogP contribution in [0, 0.1) is 0 Å². The lowest BCUT2D eigenvalue weighted by Crippen LogP contribution is -2.48. The molecular weight excluding hydrogens is 478 g/mol. The fourth-order valence-corrected chi connectivity index (χ4v) is 5.59. The molecule has 2 aliphatic heterocycles. The van der Waals surface area contributed by atoms with Crippen LogP contribution < -0.4 is 9.64 Å². The van der Waals surface area contributed by atoms with Crippen LogP contribution in [0.3, 0.4) is 0 Å². The summed E-state index contributed by atoms with van der Waals surface area (Å²) in [5.74, 6) is 0.969. The van der Waals surface area contributed by atoms with Crippen molar-refractivity contribution in [2.24, 2.45) is 0 Å². The summed E-state index contributed by atoms with van der Waals surface area (Å²) >= 11 is 6.79. The molecule has 2 aliphatic rings. The average molecular weight is 510 g/mol. The molecule has 0 unspecified atom stereocenters. The van der Waals surface area contributed by atoms with Gasteiger partial charge in [0.1, 0.15) is 10.1 Å². The minimum Gasteiger partial charge on any atom is -0.497 e. The predicted molar refractivity (Wildman–Crippen MR) is 147 cm³/mol. The van der Waals surface area contributed by atoms with Crippen molar-refractivity contribution in [2.75, 3.05) is 44.7 Å². The predicted octanol–water partition coefficient (Wildman–Crippen LogP) is 4.81. The zero-order valence-electron chi connectivity index (χ0n) is 20.0. The van der Waals surface area contributed by atoms with Gasteiger partial charge in [0.15, 0.2) is 0 Å². The summed E-state index contributed by atoms with van der Waals surface area (Å²) in [6.07, 6.45) is 4.98. The van der Waals surface area contributed by atoms with E-state index in [1.165, 1.54) is 17.4 Å². The monoisotopic (exact) mass is 509 g/mol. The summed E-state index contributed by atoms with van der Waals surface area (Å²) in [6.45, 7) is 3.87. The van der Waals surface area contributed by atoms with E-state index >= 15 is 0 Å². The molecule has 0 radical (unpaired) electrons. The molecule has 2 saturated heterocycles. The molecule has 0 bridgehead atoms. The smallest absolute Gasteiger partial charge is 0.266 e. The molecule has 0 spiro atoms. The van der Waals surface area contributed by atoms with E-state index in [-0.39, 0.29) is 11.8 Å². The molecule has 0 aliphatic carbocycles. The Hall–Kier alpha value is -2.84. The number of piperazine rings is 1. The number of unbranched alkanes of at least 4 members (excludes halogenated alkanes) is 2. The van der Waals surface area contributed by atoms with Gasteiger partial charge in [-0.3, -0.25) is 14.5 Å². The molecule has 35 heavy (non-hydrogen) atoms. The SMILES string of the molecule is COc1ccc(C=C2SC(=S)N(CCCCCC(=O)N3CCN(c4ccccc4)CC3)C2=O)cc1. The van der Waals surface area contributed by atoms with Gasteiger partial charge in [0.2, 0.25) is 5.91 Å². The fourth-order valence-electron chi connectivity index (χ4n) is 4.28. The van der Waals surface area contributed by atoms with Crippen molar-refractivity contribution in [3.05, 3.63) is 65.1 Å². The molecular formula is C27H31N3O3S2. The first kappa shape index (κ1) is 25.3. The van der Waals surface area contributed by atoms with Crippen molar-refractivity contribution in [1.29, 1.82) is 0 Å². The number of para-hydroxylation sites is 1. The Morgan fingerprint density at radius 2 is 1.71 bits per heavy atom. The molecule has 4 rings (SSSR count). The van der Waals surface area contributed by atoms with Gasteiger partial charge in [0, 0.05) is 44.8 Å². The van der Waals surface area contributed by atoms with E-state index in [2.05, 4.69) is 17.0 Å². The molecule has 0 atom stereocenters. The maximum absolute atomic E-state index is 12.8. The Bertz CT molecular complexity index is 1060. The summed E-state index contributed by atoms with van der Waals surface area (Å²) in [5, 5.41) is 0. The van der Waals surface area contributed by atoms with Gasteiger partial charge in [-0.05, 0) is 48.7 Å². The van der Waals surface area contributed by atoms with Crippen LogP contribution in [-0.4, -0.2) is 65.8 Å². The third kappa shape index (κ3) is 6.64. The highest BCUT2D eigenvalue weighted by Crippen LogP contribution is 2.33. The molecule has 2 amide bonds. The molecule has 2 fully saturated rings.